The quantitative estimate of drug-likeness (QED) is 0.462. The highest BCUT2D eigenvalue weighted by Crippen LogP contribution is 2.35. The van der Waals surface area contributed by atoms with Crippen molar-refractivity contribution in [2.75, 3.05) is 6.54 Å². The largest absolute Gasteiger partial charge is 0.503 e. The normalized spacial score (nSPS) is 20.1. The van der Waals surface area contributed by atoms with E-state index in [4.69, 9.17) is 4.84 Å². The van der Waals surface area contributed by atoms with E-state index in [1.54, 1.807) is 18.7 Å². The lowest BCUT2D eigenvalue weighted by atomic mass is 10.0. The van der Waals surface area contributed by atoms with Crippen LogP contribution in [0.15, 0.2) is 34.3 Å². The summed E-state index contributed by atoms with van der Waals surface area (Å²) in [6.45, 7) is 9.38. The predicted molar refractivity (Wildman–Crippen MR) is 134 cm³/mol. The van der Waals surface area contributed by atoms with Crippen molar-refractivity contribution in [3.05, 3.63) is 63.1 Å². The Bertz CT molecular complexity index is 1270. The van der Waals surface area contributed by atoms with Crippen LogP contribution in [0.4, 0.5) is 8.78 Å². The summed E-state index contributed by atoms with van der Waals surface area (Å²) in [5, 5.41) is 17.2. The maximum atomic E-state index is 13.9. The molecule has 3 atom stereocenters. The van der Waals surface area contributed by atoms with Crippen LogP contribution >= 0.6 is 0 Å². The van der Waals surface area contributed by atoms with Gasteiger partial charge >= 0.3 is 0 Å². The topological polar surface area (TPSA) is 113 Å². The fraction of sp³-hybridized carbons (Fsp3) is 0.462. The van der Waals surface area contributed by atoms with E-state index in [0.29, 0.717) is 24.6 Å². The van der Waals surface area contributed by atoms with Gasteiger partial charge in [0.05, 0.1) is 11.8 Å². The zero-order chi connectivity index (χ0) is 27.4. The Morgan fingerprint density at radius 2 is 1.92 bits per heavy atom. The van der Waals surface area contributed by atoms with E-state index in [-0.39, 0.29) is 30.4 Å². The molecule has 37 heavy (non-hydrogen) atoms. The van der Waals surface area contributed by atoms with E-state index in [1.807, 2.05) is 20.8 Å². The molecule has 1 saturated heterocycles. The van der Waals surface area contributed by atoms with Crippen LogP contribution < -0.4 is 10.7 Å². The van der Waals surface area contributed by atoms with Gasteiger partial charge in [0, 0.05) is 37.0 Å². The van der Waals surface area contributed by atoms with Gasteiger partial charge in [-0.3, -0.25) is 14.4 Å². The molecule has 0 radical (unpaired) electrons. The molecule has 2 N–H and O–H groups in total. The molecule has 1 aromatic carbocycles. The van der Waals surface area contributed by atoms with E-state index >= 15 is 0 Å². The monoisotopic (exact) mass is 518 g/mol. The summed E-state index contributed by atoms with van der Waals surface area (Å²) in [5.74, 6) is -3.83. The van der Waals surface area contributed by atoms with Gasteiger partial charge in [-0.2, -0.15) is 0 Å². The predicted octanol–water partition coefficient (Wildman–Crippen LogP) is 3.75. The number of carbonyl (C=O) groups is 2. The Morgan fingerprint density at radius 3 is 2.57 bits per heavy atom. The number of nitrogens with one attached hydrogen (secondary N) is 1. The molecule has 2 bridgehead atoms. The minimum atomic E-state index is -1.02. The number of oxime groups is 1. The summed E-state index contributed by atoms with van der Waals surface area (Å²) in [6.07, 6.45) is 1.93. The molecule has 0 spiro atoms. The van der Waals surface area contributed by atoms with Gasteiger partial charge in [-0.15, -0.1) is 0 Å². The molecular formula is C26H32F2N4O5. The number of aromatic hydroxyl groups is 1. The van der Waals surface area contributed by atoms with Crippen molar-refractivity contribution in [1.29, 1.82) is 0 Å². The SMILES string of the molecule is CC.CC(C)=NOC1CCC(C)N2CC1n1cc(C(=O)NCc3ccc(F)cc3F)c(=O)c(O)c1C2=O. The van der Waals surface area contributed by atoms with Crippen molar-refractivity contribution in [2.45, 2.75) is 72.2 Å². The fourth-order valence-corrected chi connectivity index (χ4v) is 4.43. The smallest absolute Gasteiger partial charge is 0.274 e. The Balaban J connectivity index is 0.00000186. The number of pyridine rings is 1. The lowest BCUT2D eigenvalue weighted by Crippen LogP contribution is -2.49. The fourth-order valence-electron chi connectivity index (χ4n) is 4.43. The van der Waals surface area contributed by atoms with E-state index in [9.17, 15) is 28.3 Å². The first kappa shape index (κ1) is 27.8. The summed E-state index contributed by atoms with van der Waals surface area (Å²) in [4.78, 5) is 46.2. The molecule has 4 rings (SSSR count). The highest BCUT2D eigenvalue weighted by atomic mass is 19.1. The second-order valence-electron chi connectivity index (χ2n) is 9.03. The van der Waals surface area contributed by atoms with Crippen LogP contribution in [-0.4, -0.2) is 50.8 Å². The number of hydrogen-bond acceptors (Lipinski definition) is 6. The summed E-state index contributed by atoms with van der Waals surface area (Å²) in [7, 11) is 0. The number of aromatic nitrogens is 1. The van der Waals surface area contributed by atoms with Gasteiger partial charge in [-0.25, -0.2) is 8.78 Å². The maximum Gasteiger partial charge on any atom is 0.274 e. The van der Waals surface area contributed by atoms with Gasteiger partial charge in [0.1, 0.15) is 23.3 Å². The van der Waals surface area contributed by atoms with Crippen LogP contribution in [0.3, 0.4) is 0 Å². The second-order valence-corrected chi connectivity index (χ2v) is 9.03. The molecule has 2 amide bonds. The summed E-state index contributed by atoms with van der Waals surface area (Å²) in [6, 6.07) is 2.26. The van der Waals surface area contributed by atoms with Gasteiger partial charge in [0.15, 0.2) is 11.4 Å². The highest BCUT2D eigenvalue weighted by molar-refractivity contribution is 5.99. The first-order chi connectivity index (χ1) is 17.6. The molecule has 2 aromatic rings. The van der Waals surface area contributed by atoms with Gasteiger partial charge in [0.2, 0.25) is 5.43 Å². The number of amides is 2. The zero-order valence-electron chi connectivity index (χ0n) is 21.5. The molecule has 1 aromatic heterocycles. The molecule has 3 unspecified atom stereocenters. The maximum absolute atomic E-state index is 13.9. The van der Waals surface area contributed by atoms with Gasteiger partial charge in [0.25, 0.3) is 11.8 Å². The standard InChI is InChI=1S/C24H26F2N4O5.C2H6/c1-12(2)28-35-19-7-4-13(3)29-11-18(19)30-10-16(21(31)22(32)20(30)24(29)34)23(33)27-9-14-5-6-15(25)8-17(14)26;1-2/h5-6,8,10,13,18-19,32H,4,7,9,11H2,1-3H3,(H,27,33);1-2H3. The van der Waals surface area contributed by atoms with Crippen molar-refractivity contribution in [2.24, 2.45) is 5.16 Å². The molecule has 2 aliphatic rings. The van der Waals surface area contributed by atoms with Crippen molar-refractivity contribution in [1.82, 2.24) is 14.8 Å². The van der Waals surface area contributed by atoms with Gasteiger partial charge in [-0.1, -0.05) is 25.1 Å². The third-order valence-electron chi connectivity index (χ3n) is 6.31. The van der Waals surface area contributed by atoms with E-state index in [2.05, 4.69) is 10.5 Å². The van der Waals surface area contributed by atoms with E-state index < -0.39 is 52.3 Å². The molecular weight excluding hydrogens is 486 g/mol. The van der Waals surface area contributed by atoms with Crippen LogP contribution in [0.2, 0.25) is 0 Å². The lowest BCUT2D eigenvalue weighted by molar-refractivity contribution is 0.00772. The zero-order valence-corrected chi connectivity index (χ0v) is 21.5. The number of benzene rings is 1. The number of nitrogens with zero attached hydrogens (tertiary/aromatic N) is 3. The van der Waals surface area contributed by atoms with Crippen molar-refractivity contribution >= 4 is 17.5 Å². The lowest BCUT2D eigenvalue weighted by Gasteiger charge is -2.38. The average Bonchev–Trinajstić information content (AvgIpc) is 3.00. The Morgan fingerprint density at radius 1 is 1.22 bits per heavy atom. The average molecular weight is 519 g/mol. The molecule has 0 aliphatic carbocycles. The van der Waals surface area contributed by atoms with Crippen molar-refractivity contribution in [3.63, 3.8) is 0 Å². The van der Waals surface area contributed by atoms with Crippen LogP contribution in [0.25, 0.3) is 0 Å². The third-order valence-corrected chi connectivity index (χ3v) is 6.31. The van der Waals surface area contributed by atoms with Gasteiger partial charge < -0.3 is 24.7 Å². The molecule has 3 heterocycles. The highest BCUT2D eigenvalue weighted by Gasteiger charge is 2.43. The minimum Gasteiger partial charge on any atom is -0.503 e. The number of rotatable bonds is 5. The molecule has 2 aliphatic heterocycles. The number of hydrogen-bond donors (Lipinski definition) is 2. The molecule has 9 nitrogen and oxygen atoms in total. The first-order valence-electron chi connectivity index (χ1n) is 12.3. The molecule has 1 fully saturated rings. The number of carbonyl (C=O) groups excluding carboxylic acids is 2. The Hall–Kier alpha value is -3.76. The van der Waals surface area contributed by atoms with Crippen LogP contribution in [0.1, 0.15) is 79.9 Å². The van der Waals surface area contributed by atoms with Crippen molar-refractivity contribution < 1.29 is 28.3 Å². The Kier molecular flexibility index (Phi) is 8.67. The Labute approximate surface area is 213 Å². The van der Waals surface area contributed by atoms with Crippen LogP contribution in [-0.2, 0) is 11.4 Å². The summed E-state index contributed by atoms with van der Waals surface area (Å²) < 4.78 is 28.5. The van der Waals surface area contributed by atoms with Crippen LogP contribution in [0, 0.1) is 11.6 Å². The minimum absolute atomic E-state index is 0.0203. The number of halogens is 2. The van der Waals surface area contributed by atoms with Crippen molar-refractivity contribution in [3.8, 4) is 5.75 Å². The van der Waals surface area contributed by atoms with Gasteiger partial charge in [-0.05, 0) is 39.7 Å². The first-order valence-corrected chi connectivity index (χ1v) is 12.3. The third kappa shape index (κ3) is 5.65. The second kappa shape index (κ2) is 11.5. The van der Waals surface area contributed by atoms with E-state index in [1.165, 1.54) is 16.8 Å². The molecule has 200 valence electrons. The number of fused-ring (bicyclic) bond motifs is 4. The molecule has 11 heteroatoms. The molecule has 0 saturated carbocycles. The van der Waals surface area contributed by atoms with Crippen LogP contribution in [0.5, 0.6) is 5.75 Å². The summed E-state index contributed by atoms with van der Waals surface area (Å²) in [5.41, 5.74) is -0.934. The summed E-state index contributed by atoms with van der Waals surface area (Å²) >= 11 is 0. The van der Waals surface area contributed by atoms with E-state index in [0.717, 1.165) is 6.07 Å².